The lowest BCUT2D eigenvalue weighted by Crippen LogP contribution is -2.05. The second kappa shape index (κ2) is 2.29. The van der Waals surface area contributed by atoms with Crippen molar-refractivity contribution < 1.29 is 5.21 Å². The Bertz CT molecular complexity index is 249. The van der Waals surface area contributed by atoms with Crippen molar-refractivity contribution in [1.29, 1.82) is 0 Å². The molecule has 1 heterocycles. The zero-order valence-corrected chi connectivity index (χ0v) is 6.80. The molecule has 1 N–H and O–H groups in total. The predicted molar refractivity (Wildman–Crippen MR) is 43.0 cm³/mol. The Labute approximate surface area is 66.4 Å². The van der Waals surface area contributed by atoms with Gasteiger partial charge >= 0.3 is 0 Å². The first-order chi connectivity index (χ1) is 5.29. The smallest absolute Gasteiger partial charge is 0.0601 e. The highest BCUT2D eigenvalue weighted by molar-refractivity contribution is 5.32. The van der Waals surface area contributed by atoms with Gasteiger partial charge in [-0.1, -0.05) is 0 Å². The van der Waals surface area contributed by atoms with Gasteiger partial charge in [0.15, 0.2) is 0 Å². The number of hydrogen-bond donors (Lipinski definition) is 1. The molecule has 0 atom stereocenters. The largest absolute Gasteiger partial charge is 0.429 e. The molecular formula is C9H13NO. The van der Waals surface area contributed by atoms with E-state index in [9.17, 15) is 5.21 Å². The SMILES string of the molecule is Cc1cn(O)c2c1CCCC2. The van der Waals surface area contributed by atoms with Gasteiger partial charge in [-0.05, 0) is 43.7 Å². The fourth-order valence-corrected chi connectivity index (χ4v) is 1.91. The van der Waals surface area contributed by atoms with Crippen molar-refractivity contribution in [3.05, 3.63) is 23.0 Å². The Hall–Kier alpha value is -0.920. The van der Waals surface area contributed by atoms with Crippen molar-refractivity contribution >= 4 is 0 Å². The molecule has 0 aromatic carbocycles. The topological polar surface area (TPSA) is 25.2 Å². The third-order valence-electron chi connectivity index (χ3n) is 2.51. The standard InChI is InChI=1S/C9H13NO/c1-7-6-10(11)9-5-3-2-4-8(7)9/h6,11H,2-5H2,1H3. The van der Waals surface area contributed by atoms with Crippen molar-refractivity contribution in [2.45, 2.75) is 32.6 Å². The molecule has 2 nitrogen and oxygen atoms in total. The van der Waals surface area contributed by atoms with Gasteiger partial charge < -0.3 is 5.21 Å². The highest BCUT2D eigenvalue weighted by Crippen LogP contribution is 2.24. The molecule has 1 aromatic rings. The first-order valence-corrected chi connectivity index (χ1v) is 4.18. The van der Waals surface area contributed by atoms with E-state index in [-0.39, 0.29) is 0 Å². The van der Waals surface area contributed by atoms with Gasteiger partial charge in [0.05, 0.1) is 5.69 Å². The third-order valence-corrected chi connectivity index (χ3v) is 2.51. The van der Waals surface area contributed by atoms with Gasteiger partial charge in [-0.3, -0.25) is 0 Å². The van der Waals surface area contributed by atoms with Gasteiger partial charge in [0.1, 0.15) is 0 Å². The summed E-state index contributed by atoms with van der Waals surface area (Å²) in [5.41, 5.74) is 3.75. The lowest BCUT2D eigenvalue weighted by molar-refractivity contribution is 0.176. The summed E-state index contributed by atoms with van der Waals surface area (Å²) in [5, 5.41) is 9.39. The molecular weight excluding hydrogens is 138 g/mol. The van der Waals surface area contributed by atoms with Crippen LogP contribution in [0.1, 0.15) is 29.7 Å². The maximum atomic E-state index is 9.39. The number of hydrogen-bond acceptors (Lipinski definition) is 1. The molecule has 0 fully saturated rings. The van der Waals surface area contributed by atoms with E-state index in [2.05, 4.69) is 6.92 Å². The summed E-state index contributed by atoms with van der Waals surface area (Å²) in [7, 11) is 0. The average molecular weight is 151 g/mol. The van der Waals surface area contributed by atoms with Crippen LogP contribution in [0.15, 0.2) is 6.20 Å². The van der Waals surface area contributed by atoms with Gasteiger partial charge in [-0.15, -0.1) is 0 Å². The Morgan fingerprint density at radius 1 is 1.36 bits per heavy atom. The van der Waals surface area contributed by atoms with Crippen molar-refractivity contribution in [2.75, 3.05) is 0 Å². The molecule has 0 amide bonds. The quantitative estimate of drug-likeness (QED) is 0.563. The molecule has 0 unspecified atom stereocenters. The van der Waals surface area contributed by atoms with E-state index < -0.39 is 0 Å². The summed E-state index contributed by atoms with van der Waals surface area (Å²) < 4.78 is 1.30. The van der Waals surface area contributed by atoms with Crippen LogP contribution in [-0.2, 0) is 12.8 Å². The maximum Gasteiger partial charge on any atom is 0.0601 e. The second-order valence-corrected chi connectivity index (χ2v) is 3.29. The van der Waals surface area contributed by atoms with Gasteiger partial charge in [0.2, 0.25) is 0 Å². The second-order valence-electron chi connectivity index (χ2n) is 3.29. The van der Waals surface area contributed by atoms with E-state index in [0.29, 0.717) is 0 Å². The Morgan fingerprint density at radius 3 is 2.82 bits per heavy atom. The van der Waals surface area contributed by atoms with E-state index in [1.165, 1.54) is 28.7 Å². The van der Waals surface area contributed by atoms with Gasteiger partial charge in [-0.2, -0.15) is 4.73 Å². The zero-order chi connectivity index (χ0) is 7.84. The number of aromatic nitrogens is 1. The third kappa shape index (κ3) is 0.934. The lowest BCUT2D eigenvalue weighted by Gasteiger charge is -2.12. The molecule has 0 spiro atoms. The van der Waals surface area contributed by atoms with Gasteiger partial charge in [0.25, 0.3) is 0 Å². The van der Waals surface area contributed by atoms with Crippen molar-refractivity contribution in [2.24, 2.45) is 0 Å². The van der Waals surface area contributed by atoms with Crippen LogP contribution >= 0.6 is 0 Å². The molecule has 2 rings (SSSR count). The Morgan fingerprint density at radius 2 is 2.09 bits per heavy atom. The van der Waals surface area contributed by atoms with Crippen LogP contribution in [0, 0.1) is 6.92 Å². The monoisotopic (exact) mass is 151 g/mol. The van der Waals surface area contributed by atoms with Crippen molar-refractivity contribution in [3.8, 4) is 0 Å². The summed E-state index contributed by atoms with van der Waals surface area (Å²) in [5.74, 6) is 0. The van der Waals surface area contributed by atoms with Crippen LogP contribution in [0.3, 0.4) is 0 Å². The molecule has 11 heavy (non-hydrogen) atoms. The van der Waals surface area contributed by atoms with Crippen LogP contribution < -0.4 is 0 Å². The molecule has 0 aliphatic heterocycles. The minimum absolute atomic E-state index is 1.04. The van der Waals surface area contributed by atoms with Crippen LogP contribution in [0.5, 0.6) is 0 Å². The summed E-state index contributed by atoms with van der Waals surface area (Å²) >= 11 is 0. The number of fused-ring (bicyclic) bond motifs is 1. The van der Waals surface area contributed by atoms with Crippen molar-refractivity contribution in [1.82, 2.24) is 4.73 Å². The summed E-state index contributed by atoms with van der Waals surface area (Å²) in [4.78, 5) is 0. The summed E-state index contributed by atoms with van der Waals surface area (Å²) in [6.07, 6.45) is 6.50. The van der Waals surface area contributed by atoms with Crippen LogP contribution in [0.2, 0.25) is 0 Å². The normalized spacial score (nSPS) is 16.5. The van der Waals surface area contributed by atoms with E-state index in [1.54, 1.807) is 0 Å². The van der Waals surface area contributed by atoms with Gasteiger partial charge in [-0.25, -0.2) is 0 Å². The van der Waals surface area contributed by atoms with E-state index >= 15 is 0 Å². The van der Waals surface area contributed by atoms with Crippen LogP contribution in [0.4, 0.5) is 0 Å². The van der Waals surface area contributed by atoms with E-state index in [1.807, 2.05) is 6.20 Å². The highest BCUT2D eigenvalue weighted by atomic mass is 16.5. The molecule has 1 aliphatic carbocycles. The zero-order valence-electron chi connectivity index (χ0n) is 6.80. The van der Waals surface area contributed by atoms with Gasteiger partial charge in [0, 0.05) is 6.20 Å². The molecule has 0 radical (unpaired) electrons. The van der Waals surface area contributed by atoms with Crippen LogP contribution in [0.25, 0.3) is 0 Å². The number of aryl methyl sites for hydroxylation is 1. The average Bonchev–Trinajstić information content (AvgIpc) is 2.30. The Balaban J connectivity index is 2.52. The minimum atomic E-state index is 1.04. The molecule has 1 aliphatic rings. The first-order valence-electron chi connectivity index (χ1n) is 4.18. The highest BCUT2D eigenvalue weighted by Gasteiger charge is 2.15. The minimum Gasteiger partial charge on any atom is -0.429 e. The maximum absolute atomic E-state index is 9.39. The first kappa shape index (κ1) is 6.77. The molecule has 0 saturated heterocycles. The Kier molecular flexibility index (Phi) is 1.41. The fraction of sp³-hybridized carbons (Fsp3) is 0.556. The van der Waals surface area contributed by atoms with E-state index in [4.69, 9.17) is 0 Å². The summed E-state index contributed by atoms with van der Waals surface area (Å²) in [6.45, 7) is 2.07. The number of rotatable bonds is 0. The summed E-state index contributed by atoms with van der Waals surface area (Å²) in [6, 6.07) is 0. The molecule has 0 saturated carbocycles. The molecule has 60 valence electrons. The fourth-order valence-electron chi connectivity index (χ4n) is 1.91. The predicted octanol–water partition coefficient (Wildman–Crippen LogP) is 1.91. The van der Waals surface area contributed by atoms with Crippen LogP contribution in [-0.4, -0.2) is 9.94 Å². The lowest BCUT2D eigenvalue weighted by atomic mass is 9.96. The molecule has 1 aromatic heterocycles. The van der Waals surface area contributed by atoms with Crippen molar-refractivity contribution in [3.63, 3.8) is 0 Å². The number of nitrogens with zero attached hydrogens (tertiary/aromatic N) is 1. The molecule has 2 heteroatoms. The molecule has 0 bridgehead atoms. The van der Waals surface area contributed by atoms with E-state index in [0.717, 1.165) is 18.5 Å².